The van der Waals surface area contributed by atoms with Gasteiger partial charge >= 0.3 is 5.97 Å². The number of ether oxygens (including phenoxy) is 3. The minimum Gasteiger partial charge on any atom is -0.493 e. The molecule has 2 heterocycles. The van der Waals surface area contributed by atoms with E-state index in [1.807, 2.05) is 24.3 Å². The number of pyridine rings is 1. The lowest BCUT2D eigenvalue weighted by Crippen LogP contribution is -2.39. The summed E-state index contributed by atoms with van der Waals surface area (Å²) >= 11 is 6.69. The van der Waals surface area contributed by atoms with E-state index < -0.39 is 18.6 Å². The number of hydrogen-bond acceptors (Lipinski definition) is 10. The average Bonchev–Trinajstić information content (AvgIpc) is 3.55. The van der Waals surface area contributed by atoms with E-state index in [0.717, 1.165) is 66.0 Å². The fraction of sp³-hybridized carbons (Fsp3) is 0.359. The lowest BCUT2D eigenvalue weighted by atomic mass is 9.93. The second kappa shape index (κ2) is 18.0. The van der Waals surface area contributed by atoms with Crippen LogP contribution in [0, 0.1) is 25.2 Å². The number of carboxylic acids is 1. The number of aliphatic hydroxyl groups is 2. The van der Waals surface area contributed by atoms with E-state index >= 15 is 0 Å². The first kappa shape index (κ1) is 37.6. The Bertz CT molecular complexity index is 1860. The lowest BCUT2D eigenvalue weighted by Gasteiger charge is -2.19. The molecule has 3 aromatic carbocycles. The first-order valence-electron chi connectivity index (χ1n) is 16.9. The van der Waals surface area contributed by atoms with Crippen LogP contribution in [-0.4, -0.2) is 76.2 Å². The monoisotopic (exact) mass is 714 g/mol. The molecule has 2 unspecified atom stereocenters. The summed E-state index contributed by atoms with van der Waals surface area (Å²) < 4.78 is 18.6. The number of carboxylic acid groups (broad SMARTS) is 1. The molecular formula is C39H43ClN4O7. The first-order chi connectivity index (χ1) is 24.7. The van der Waals surface area contributed by atoms with E-state index in [-0.39, 0.29) is 25.9 Å². The summed E-state index contributed by atoms with van der Waals surface area (Å²) in [5.41, 5.74) is 6.81. The number of aromatic nitrogens is 1. The summed E-state index contributed by atoms with van der Waals surface area (Å²) in [5.74, 6) is 0.415. The standard InChI is InChI=1S/C39H43ClN4O7/c1-25-29(6-3-7-32(25)33-8-4-9-36(26(33)2)49-13-5-11-44-12-10-31(46)21-44)24-51-38-16-37(50-23-28-14-27(17-41)18-42-19-28)30(15-34(38)40)20-43-35(22-45)39(47)48/h3-4,6-9,14-16,18-19,31,35,43,45-46H,5,10-13,20-24H2,1-2H3,(H,47,48). The maximum atomic E-state index is 11.5. The summed E-state index contributed by atoms with van der Waals surface area (Å²) in [5, 5.41) is 41.0. The molecule has 11 nitrogen and oxygen atoms in total. The molecule has 268 valence electrons. The van der Waals surface area contributed by atoms with Gasteiger partial charge in [0.25, 0.3) is 0 Å². The molecule has 51 heavy (non-hydrogen) atoms. The molecule has 1 aromatic heterocycles. The normalized spacial score (nSPS) is 14.9. The number of hydrogen-bond donors (Lipinski definition) is 4. The number of nitrogens with zero attached hydrogens (tertiary/aromatic N) is 3. The highest BCUT2D eigenvalue weighted by Gasteiger charge is 2.20. The van der Waals surface area contributed by atoms with Gasteiger partial charge in [0.1, 0.15) is 42.6 Å². The van der Waals surface area contributed by atoms with Gasteiger partial charge in [-0.15, -0.1) is 0 Å². The SMILES string of the molecule is Cc1c(COc2cc(OCc3cncc(C#N)c3)c(CNC(CO)C(=O)O)cc2Cl)cccc1-c1cccc(OCCCN2CCC(O)C2)c1C. The van der Waals surface area contributed by atoms with Gasteiger partial charge in [-0.3, -0.25) is 15.1 Å². The van der Waals surface area contributed by atoms with Crippen molar-refractivity contribution in [1.29, 1.82) is 5.26 Å². The maximum Gasteiger partial charge on any atom is 0.323 e. The third-order valence-electron chi connectivity index (χ3n) is 8.98. The summed E-state index contributed by atoms with van der Waals surface area (Å²) in [6, 6.07) is 18.0. The molecule has 1 saturated heterocycles. The van der Waals surface area contributed by atoms with E-state index in [1.165, 1.54) is 6.20 Å². The molecular weight excluding hydrogens is 672 g/mol. The van der Waals surface area contributed by atoms with Gasteiger partial charge in [0.05, 0.1) is 29.9 Å². The number of carbonyl (C=O) groups is 1. The van der Waals surface area contributed by atoms with Gasteiger partial charge in [0.15, 0.2) is 0 Å². The van der Waals surface area contributed by atoms with E-state index in [9.17, 15) is 25.4 Å². The van der Waals surface area contributed by atoms with E-state index in [2.05, 4.69) is 47.3 Å². The minimum absolute atomic E-state index is 0.0508. The summed E-state index contributed by atoms with van der Waals surface area (Å²) in [7, 11) is 0. The van der Waals surface area contributed by atoms with Crippen LogP contribution >= 0.6 is 11.6 Å². The molecule has 1 fully saturated rings. The Morgan fingerprint density at radius 2 is 1.78 bits per heavy atom. The molecule has 0 aliphatic carbocycles. The number of halogens is 1. The molecule has 2 atom stereocenters. The van der Waals surface area contributed by atoms with Gasteiger partial charge in [0, 0.05) is 55.8 Å². The molecule has 1 aliphatic heterocycles. The first-order valence-corrected chi connectivity index (χ1v) is 17.2. The van der Waals surface area contributed by atoms with Crippen LogP contribution < -0.4 is 19.5 Å². The number of rotatable bonds is 17. The zero-order valence-electron chi connectivity index (χ0n) is 28.8. The van der Waals surface area contributed by atoms with Gasteiger partial charge in [-0.2, -0.15) is 5.26 Å². The van der Waals surface area contributed by atoms with Gasteiger partial charge in [0.2, 0.25) is 0 Å². The van der Waals surface area contributed by atoms with E-state index in [1.54, 1.807) is 24.4 Å². The summed E-state index contributed by atoms with van der Waals surface area (Å²) in [4.78, 5) is 17.8. The molecule has 4 aromatic rings. The number of nitrogens with one attached hydrogen (secondary N) is 1. The minimum atomic E-state index is -1.19. The van der Waals surface area contributed by atoms with Crippen LogP contribution in [0.3, 0.4) is 0 Å². The molecule has 0 spiro atoms. The van der Waals surface area contributed by atoms with Crippen molar-refractivity contribution in [3.63, 3.8) is 0 Å². The van der Waals surface area contributed by atoms with Crippen molar-refractivity contribution in [3.8, 4) is 34.4 Å². The van der Waals surface area contributed by atoms with Crippen molar-refractivity contribution < 1.29 is 34.3 Å². The van der Waals surface area contributed by atoms with Crippen LogP contribution in [0.2, 0.25) is 5.02 Å². The van der Waals surface area contributed by atoms with Gasteiger partial charge in [-0.25, -0.2) is 0 Å². The summed E-state index contributed by atoms with van der Waals surface area (Å²) in [6.07, 6.45) is 4.55. The smallest absolute Gasteiger partial charge is 0.323 e. The Morgan fingerprint density at radius 1 is 1.02 bits per heavy atom. The van der Waals surface area contributed by atoms with E-state index in [0.29, 0.717) is 39.8 Å². The molecule has 0 amide bonds. The molecule has 1 aliphatic rings. The highest BCUT2D eigenvalue weighted by molar-refractivity contribution is 6.32. The van der Waals surface area contributed by atoms with Crippen molar-refractivity contribution in [1.82, 2.24) is 15.2 Å². The predicted octanol–water partition coefficient (Wildman–Crippen LogP) is 5.42. The molecule has 12 heteroatoms. The zero-order chi connectivity index (χ0) is 36.3. The second-order valence-corrected chi connectivity index (χ2v) is 13.0. The number of β-amino-alcohol motifs (C(OH)–C–C–N with tert-alkyl or cyclic N) is 1. The van der Waals surface area contributed by atoms with Crippen molar-refractivity contribution in [2.24, 2.45) is 0 Å². The Kier molecular flexibility index (Phi) is 13.2. The lowest BCUT2D eigenvalue weighted by molar-refractivity contribution is -0.140. The second-order valence-electron chi connectivity index (χ2n) is 12.6. The Balaban J connectivity index is 1.31. The van der Waals surface area contributed by atoms with Crippen LogP contribution in [0.1, 0.15) is 46.2 Å². The van der Waals surface area contributed by atoms with Gasteiger partial charge in [-0.05, 0) is 72.7 Å². The van der Waals surface area contributed by atoms with Crippen molar-refractivity contribution in [3.05, 3.63) is 105 Å². The number of aliphatic hydroxyl groups excluding tert-OH is 2. The van der Waals surface area contributed by atoms with Crippen LogP contribution in [0.4, 0.5) is 0 Å². The molecule has 0 bridgehead atoms. The van der Waals surface area contributed by atoms with Crippen LogP contribution in [0.5, 0.6) is 17.2 Å². The number of nitriles is 1. The Hall–Kier alpha value is -4.70. The zero-order valence-corrected chi connectivity index (χ0v) is 29.5. The third-order valence-corrected chi connectivity index (χ3v) is 9.28. The predicted molar refractivity (Wildman–Crippen MR) is 193 cm³/mol. The van der Waals surface area contributed by atoms with Crippen LogP contribution in [0.25, 0.3) is 11.1 Å². The number of benzene rings is 3. The molecule has 4 N–H and O–H groups in total. The van der Waals surface area contributed by atoms with Crippen LogP contribution in [-0.2, 0) is 24.6 Å². The maximum absolute atomic E-state index is 11.5. The highest BCUT2D eigenvalue weighted by atomic mass is 35.5. The van der Waals surface area contributed by atoms with Crippen molar-refractivity contribution in [2.75, 3.05) is 32.8 Å². The largest absolute Gasteiger partial charge is 0.493 e. The average molecular weight is 715 g/mol. The Morgan fingerprint density at radius 3 is 2.51 bits per heavy atom. The van der Waals surface area contributed by atoms with Crippen molar-refractivity contribution in [2.45, 2.75) is 58.6 Å². The molecule has 0 saturated carbocycles. The highest BCUT2D eigenvalue weighted by Crippen LogP contribution is 2.36. The van der Waals surface area contributed by atoms with Crippen molar-refractivity contribution >= 4 is 17.6 Å². The Labute approximate surface area is 303 Å². The fourth-order valence-electron chi connectivity index (χ4n) is 6.05. The number of aliphatic carboxylic acids is 1. The van der Waals surface area contributed by atoms with E-state index in [4.69, 9.17) is 25.8 Å². The summed E-state index contributed by atoms with van der Waals surface area (Å²) in [6.45, 7) is 7.04. The fourth-order valence-corrected chi connectivity index (χ4v) is 6.29. The molecule has 0 radical (unpaired) electrons. The van der Waals surface area contributed by atoms with Crippen LogP contribution in [0.15, 0.2) is 67.0 Å². The number of likely N-dealkylation sites (tertiary alicyclic amines) is 1. The third kappa shape index (κ3) is 9.97. The topological polar surface area (TPSA) is 157 Å². The van der Waals surface area contributed by atoms with Gasteiger partial charge in [-0.1, -0.05) is 41.9 Å². The van der Waals surface area contributed by atoms with Gasteiger partial charge < -0.3 is 34.4 Å². The molecule has 5 rings (SSSR count). The quantitative estimate of drug-likeness (QED) is 0.104.